The van der Waals surface area contributed by atoms with Crippen LogP contribution in [0.1, 0.15) is 46.5 Å². The van der Waals surface area contributed by atoms with Crippen LogP contribution < -0.4 is 0 Å². The molecule has 2 atom stereocenters. The lowest BCUT2D eigenvalue weighted by Crippen LogP contribution is -2.34. The Morgan fingerprint density at radius 1 is 1.38 bits per heavy atom. The molecular weight excluding hydrogens is 176 g/mol. The van der Waals surface area contributed by atoms with Crippen molar-refractivity contribution < 1.29 is 4.43 Å². The van der Waals surface area contributed by atoms with Crippen molar-refractivity contribution >= 4 is 8.32 Å². The van der Waals surface area contributed by atoms with E-state index in [0.717, 1.165) is 5.54 Å². The van der Waals surface area contributed by atoms with Crippen molar-refractivity contribution in [3.63, 3.8) is 0 Å². The Morgan fingerprint density at radius 3 is 2.38 bits per heavy atom. The van der Waals surface area contributed by atoms with E-state index in [1.54, 1.807) is 0 Å². The third-order valence-electron chi connectivity index (χ3n) is 3.56. The summed E-state index contributed by atoms with van der Waals surface area (Å²) in [6, 6.07) is 0. The second-order valence-electron chi connectivity index (χ2n) is 5.20. The first-order chi connectivity index (χ1) is 5.93. The Kier molecular flexibility index (Phi) is 3.23. The minimum absolute atomic E-state index is 0.204. The van der Waals surface area contributed by atoms with Gasteiger partial charge in [0.1, 0.15) is 0 Å². The molecule has 2 heteroatoms. The summed E-state index contributed by atoms with van der Waals surface area (Å²) in [7, 11) is -1.35. The molecule has 1 saturated heterocycles. The Balaban J connectivity index is 2.67. The molecule has 78 valence electrons. The zero-order valence-electron chi connectivity index (χ0n) is 9.81. The van der Waals surface area contributed by atoms with E-state index in [2.05, 4.69) is 33.9 Å². The molecule has 1 heterocycles. The normalized spacial score (nSPS) is 38.1. The van der Waals surface area contributed by atoms with Gasteiger partial charge in [0.2, 0.25) is 0 Å². The molecule has 1 aliphatic heterocycles. The van der Waals surface area contributed by atoms with E-state index in [1.165, 1.54) is 25.7 Å². The van der Waals surface area contributed by atoms with Crippen LogP contribution in [0.25, 0.3) is 0 Å². The summed E-state index contributed by atoms with van der Waals surface area (Å²) in [4.78, 5) is 0. The smallest absolute Gasteiger partial charge is 0.190 e. The summed E-state index contributed by atoms with van der Waals surface area (Å²) in [5.41, 5.74) is 1.10. The van der Waals surface area contributed by atoms with Crippen molar-refractivity contribution in [2.45, 2.75) is 70.7 Å². The maximum Gasteiger partial charge on any atom is 0.190 e. The molecule has 0 aromatic heterocycles. The van der Waals surface area contributed by atoms with E-state index in [0.29, 0.717) is 0 Å². The lowest BCUT2D eigenvalue weighted by molar-refractivity contribution is 0.100. The summed E-state index contributed by atoms with van der Waals surface area (Å²) < 4.78 is 6.29. The molecule has 0 N–H and O–H groups in total. The molecule has 1 nitrogen and oxygen atoms in total. The summed E-state index contributed by atoms with van der Waals surface area (Å²) in [6.07, 6.45) is 5.15. The third kappa shape index (κ3) is 2.35. The Hall–Kier alpha value is 0.177. The van der Waals surface area contributed by atoms with Crippen molar-refractivity contribution in [3.05, 3.63) is 0 Å². The quantitative estimate of drug-likeness (QED) is 0.627. The Bertz CT molecular complexity index is 179. The predicted molar refractivity (Wildman–Crippen MR) is 60.5 cm³/mol. The van der Waals surface area contributed by atoms with Crippen LogP contribution >= 0.6 is 0 Å². The van der Waals surface area contributed by atoms with Gasteiger partial charge in [0, 0.05) is 0 Å². The fourth-order valence-electron chi connectivity index (χ4n) is 2.54. The molecule has 0 aromatic carbocycles. The SMILES string of the molecule is CCCC1CC(C)(CC)O[Si]1(C)C. The second kappa shape index (κ2) is 3.74. The molecule has 0 amide bonds. The predicted octanol–water partition coefficient (Wildman–Crippen LogP) is 3.95. The highest BCUT2D eigenvalue weighted by atomic mass is 28.4. The highest BCUT2D eigenvalue weighted by Gasteiger charge is 2.48. The standard InChI is InChI=1S/C11H24OSi/c1-6-8-10-9-11(3,7-2)12-13(10,4)5/h10H,6-9H2,1-5H3. The van der Waals surface area contributed by atoms with Crippen LogP contribution in [0, 0.1) is 0 Å². The summed E-state index contributed by atoms with van der Waals surface area (Å²) >= 11 is 0. The van der Waals surface area contributed by atoms with Crippen molar-refractivity contribution in [1.82, 2.24) is 0 Å². The van der Waals surface area contributed by atoms with Crippen molar-refractivity contribution in [2.75, 3.05) is 0 Å². The zero-order chi connectivity index (χ0) is 10.1. The first kappa shape index (κ1) is 11.3. The minimum atomic E-state index is -1.35. The average molecular weight is 200 g/mol. The molecule has 0 aromatic rings. The van der Waals surface area contributed by atoms with Crippen LogP contribution in [-0.2, 0) is 4.43 Å². The van der Waals surface area contributed by atoms with Crippen LogP contribution in [0.3, 0.4) is 0 Å². The number of hydrogen-bond donors (Lipinski definition) is 0. The monoisotopic (exact) mass is 200 g/mol. The summed E-state index contributed by atoms with van der Waals surface area (Å²) in [5, 5.41) is 0. The molecule has 0 saturated carbocycles. The number of hydrogen-bond acceptors (Lipinski definition) is 1. The average Bonchev–Trinajstić information content (AvgIpc) is 2.24. The second-order valence-corrected chi connectivity index (χ2v) is 9.43. The summed E-state index contributed by atoms with van der Waals surface area (Å²) in [5.74, 6) is 0. The van der Waals surface area contributed by atoms with Gasteiger partial charge in [-0.3, -0.25) is 0 Å². The Morgan fingerprint density at radius 2 is 2.00 bits per heavy atom. The fourth-order valence-corrected chi connectivity index (χ4v) is 6.11. The Labute approximate surface area is 84.0 Å². The maximum atomic E-state index is 6.29. The first-order valence-electron chi connectivity index (χ1n) is 5.63. The highest BCUT2D eigenvalue weighted by molar-refractivity contribution is 6.73. The maximum absolute atomic E-state index is 6.29. The molecule has 13 heavy (non-hydrogen) atoms. The molecule has 0 bridgehead atoms. The molecule has 1 aliphatic rings. The lowest BCUT2D eigenvalue weighted by atomic mass is 9.96. The minimum Gasteiger partial charge on any atom is -0.412 e. The van der Waals surface area contributed by atoms with Crippen molar-refractivity contribution in [1.29, 1.82) is 0 Å². The van der Waals surface area contributed by atoms with Gasteiger partial charge in [0.25, 0.3) is 0 Å². The molecule has 2 unspecified atom stereocenters. The van der Waals surface area contributed by atoms with E-state index in [1.807, 2.05) is 0 Å². The van der Waals surface area contributed by atoms with Crippen LogP contribution in [0.5, 0.6) is 0 Å². The first-order valence-corrected chi connectivity index (χ1v) is 8.62. The molecule has 0 spiro atoms. The largest absolute Gasteiger partial charge is 0.412 e. The fraction of sp³-hybridized carbons (Fsp3) is 1.00. The van der Waals surface area contributed by atoms with E-state index >= 15 is 0 Å². The molecule has 0 radical (unpaired) electrons. The van der Waals surface area contributed by atoms with Gasteiger partial charge in [-0.2, -0.15) is 0 Å². The van der Waals surface area contributed by atoms with Crippen molar-refractivity contribution in [2.24, 2.45) is 0 Å². The van der Waals surface area contributed by atoms with Gasteiger partial charge in [-0.15, -0.1) is 0 Å². The van der Waals surface area contributed by atoms with Gasteiger partial charge >= 0.3 is 0 Å². The van der Waals surface area contributed by atoms with E-state index in [4.69, 9.17) is 4.43 Å². The topological polar surface area (TPSA) is 9.23 Å². The van der Waals surface area contributed by atoms with E-state index in [9.17, 15) is 0 Å². The van der Waals surface area contributed by atoms with Crippen LogP contribution in [0.15, 0.2) is 0 Å². The van der Waals surface area contributed by atoms with Gasteiger partial charge in [-0.25, -0.2) is 0 Å². The highest BCUT2D eigenvalue weighted by Crippen LogP contribution is 2.47. The van der Waals surface area contributed by atoms with Crippen LogP contribution in [-0.4, -0.2) is 13.9 Å². The van der Waals surface area contributed by atoms with Gasteiger partial charge in [0.15, 0.2) is 8.32 Å². The molecule has 1 fully saturated rings. The lowest BCUT2D eigenvalue weighted by Gasteiger charge is -2.26. The van der Waals surface area contributed by atoms with Crippen molar-refractivity contribution in [3.8, 4) is 0 Å². The molecule has 1 rings (SSSR count). The third-order valence-corrected chi connectivity index (χ3v) is 7.03. The molecule has 0 aliphatic carbocycles. The van der Waals surface area contributed by atoms with E-state index < -0.39 is 8.32 Å². The van der Waals surface area contributed by atoms with Gasteiger partial charge in [-0.1, -0.05) is 26.7 Å². The zero-order valence-corrected chi connectivity index (χ0v) is 10.8. The number of rotatable bonds is 3. The van der Waals surface area contributed by atoms with Gasteiger partial charge < -0.3 is 4.43 Å². The van der Waals surface area contributed by atoms with Crippen LogP contribution in [0.2, 0.25) is 18.6 Å². The van der Waals surface area contributed by atoms with Crippen LogP contribution in [0.4, 0.5) is 0 Å². The summed E-state index contributed by atoms with van der Waals surface area (Å²) in [6.45, 7) is 11.6. The van der Waals surface area contributed by atoms with Gasteiger partial charge in [-0.05, 0) is 38.4 Å². The molecular formula is C11H24OSi. The van der Waals surface area contributed by atoms with Gasteiger partial charge in [0.05, 0.1) is 5.60 Å². The van der Waals surface area contributed by atoms with E-state index in [-0.39, 0.29) is 5.60 Å².